The molecule has 0 aromatic heterocycles. The highest BCUT2D eigenvalue weighted by atomic mass is 31.2. The van der Waals surface area contributed by atoms with Gasteiger partial charge in [0, 0.05) is 0 Å². The van der Waals surface area contributed by atoms with E-state index in [-0.39, 0.29) is 6.16 Å². The van der Waals surface area contributed by atoms with Gasteiger partial charge >= 0.3 is 19.5 Å². The van der Waals surface area contributed by atoms with E-state index in [9.17, 15) is 14.2 Å². The van der Waals surface area contributed by atoms with Crippen LogP contribution < -0.4 is 0 Å². The molecule has 0 radical (unpaired) electrons. The fourth-order valence-corrected chi connectivity index (χ4v) is 2.43. The molecule has 0 aromatic carbocycles. The highest BCUT2D eigenvalue weighted by Crippen LogP contribution is 2.48. The molecule has 0 aliphatic carbocycles. The van der Waals surface area contributed by atoms with Crippen LogP contribution in [-0.4, -0.2) is 31.7 Å². The molecule has 7 nitrogen and oxygen atoms in total. The Labute approximate surface area is 144 Å². The third-order valence-electron chi connectivity index (χ3n) is 2.71. The molecule has 0 saturated heterocycles. The SMILES string of the molecule is C=CCCP(=O)(OCOC(=O)C(C)(C)C)OCOC(=O)C(C)(C)C. The molecular weight excluding hydrogens is 335 g/mol. The van der Waals surface area contributed by atoms with Gasteiger partial charge in [-0.25, -0.2) is 0 Å². The zero-order chi connectivity index (χ0) is 19.0. The second-order valence-electron chi connectivity index (χ2n) is 7.27. The second kappa shape index (κ2) is 9.35. The lowest BCUT2D eigenvalue weighted by molar-refractivity contribution is -0.162. The average Bonchev–Trinajstić information content (AvgIpc) is 2.43. The Hall–Kier alpha value is -1.17. The summed E-state index contributed by atoms with van der Waals surface area (Å²) in [7, 11) is -3.58. The highest BCUT2D eigenvalue weighted by molar-refractivity contribution is 7.53. The van der Waals surface area contributed by atoms with E-state index in [1.54, 1.807) is 47.6 Å². The van der Waals surface area contributed by atoms with Gasteiger partial charge in [-0.05, 0) is 48.0 Å². The summed E-state index contributed by atoms with van der Waals surface area (Å²) in [6.45, 7) is 12.7. The Balaban J connectivity index is 4.56. The van der Waals surface area contributed by atoms with Crippen molar-refractivity contribution in [2.75, 3.05) is 19.7 Å². The van der Waals surface area contributed by atoms with Crippen LogP contribution in [0.1, 0.15) is 48.0 Å². The topological polar surface area (TPSA) is 88.1 Å². The smallest absolute Gasteiger partial charge is 0.336 e. The third-order valence-corrected chi connectivity index (χ3v) is 4.51. The predicted molar refractivity (Wildman–Crippen MR) is 90.3 cm³/mol. The van der Waals surface area contributed by atoms with Crippen molar-refractivity contribution >= 4 is 19.5 Å². The molecule has 0 amide bonds. The van der Waals surface area contributed by atoms with Crippen molar-refractivity contribution in [2.24, 2.45) is 10.8 Å². The molecule has 0 saturated carbocycles. The largest absolute Gasteiger partial charge is 0.438 e. The lowest BCUT2D eigenvalue weighted by Gasteiger charge is -2.21. The maximum Gasteiger partial charge on any atom is 0.336 e. The maximum atomic E-state index is 12.6. The summed E-state index contributed by atoms with van der Waals surface area (Å²) in [5.41, 5.74) is -1.39. The first-order valence-electron chi connectivity index (χ1n) is 7.65. The Morgan fingerprint density at radius 3 is 1.58 bits per heavy atom. The van der Waals surface area contributed by atoms with Gasteiger partial charge in [-0.15, -0.1) is 6.58 Å². The number of allylic oxidation sites excluding steroid dienone is 1. The van der Waals surface area contributed by atoms with Crippen LogP contribution in [0.15, 0.2) is 12.7 Å². The van der Waals surface area contributed by atoms with E-state index in [1.807, 2.05) is 0 Å². The maximum absolute atomic E-state index is 12.6. The summed E-state index contributed by atoms with van der Waals surface area (Å²) in [5.74, 6) is -0.978. The molecule has 0 bridgehead atoms. The van der Waals surface area contributed by atoms with Crippen LogP contribution in [-0.2, 0) is 32.7 Å². The molecule has 0 aliphatic heterocycles. The molecule has 0 heterocycles. The Kier molecular flexibility index (Phi) is 8.89. The van der Waals surface area contributed by atoms with Crippen LogP contribution in [0.4, 0.5) is 0 Å². The third kappa shape index (κ3) is 9.21. The molecule has 0 atom stereocenters. The number of carbonyl (C=O) groups excluding carboxylic acids is 2. The summed E-state index contributed by atoms with van der Waals surface area (Å²) < 4.78 is 32.6. The van der Waals surface area contributed by atoms with Crippen LogP contribution in [0.3, 0.4) is 0 Å². The van der Waals surface area contributed by atoms with Gasteiger partial charge in [0.25, 0.3) is 0 Å². The lowest BCUT2D eigenvalue weighted by atomic mass is 9.98. The van der Waals surface area contributed by atoms with E-state index in [4.69, 9.17) is 18.5 Å². The fraction of sp³-hybridized carbons (Fsp3) is 0.750. The quantitative estimate of drug-likeness (QED) is 0.265. The number of hydrogen-bond donors (Lipinski definition) is 0. The summed E-state index contributed by atoms with van der Waals surface area (Å²) in [4.78, 5) is 23.3. The molecule has 0 N–H and O–H groups in total. The zero-order valence-corrected chi connectivity index (χ0v) is 16.3. The molecular formula is C16H29O7P. The van der Waals surface area contributed by atoms with Crippen LogP contribution in [0.25, 0.3) is 0 Å². The van der Waals surface area contributed by atoms with E-state index in [0.29, 0.717) is 6.42 Å². The van der Waals surface area contributed by atoms with Crippen LogP contribution in [0.2, 0.25) is 0 Å². The van der Waals surface area contributed by atoms with Crippen molar-refractivity contribution in [2.45, 2.75) is 48.0 Å². The van der Waals surface area contributed by atoms with E-state index in [1.165, 1.54) is 0 Å². The van der Waals surface area contributed by atoms with Crippen molar-refractivity contribution in [3.8, 4) is 0 Å². The zero-order valence-electron chi connectivity index (χ0n) is 15.4. The van der Waals surface area contributed by atoms with Gasteiger partial charge in [0.15, 0.2) is 0 Å². The van der Waals surface area contributed by atoms with E-state index in [0.717, 1.165) is 0 Å². The number of rotatable bonds is 9. The number of esters is 2. The van der Waals surface area contributed by atoms with Crippen molar-refractivity contribution in [1.29, 1.82) is 0 Å². The van der Waals surface area contributed by atoms with E-state index < -0.39 is 44.0 Å². The average molecular weight is 364 g/mol. The fourth-order valence-electron chi connectivity index (χ4n) is 1.17. The van der Waals surface area contributed by atoms with Gasteiger partial charge in [0.2, 0.25) is 13.6 Å². The monoisotopic (exact) mass is 364 g/mol. The molecule has 140 valence electrons. The standard InChI is InChI=1S/C16H29O7P/c1-8-9-10-24(19,22-11-20-13(17)15(2,3)4)23-12-21-14(18)16(5,6)7/h8H,1,9-12H2,2-7H3. The minimum atomic E-state index is -3.58. The Morgan fingerprint density at radius 2 is 1.29 bits per heavy atom. The Bertz CT molecular complexity index is 450. The number of ether oxygens (including phenoxy) is 2. The first kappa shape index (κ1) is 22.8. The van der Waals surface area contributed by atoms with E-state index in [2.05, 4.69) is 6.58 Å². The minimum absolute atomic E-state index is 0.0383. The summed E-state index contributed by atoms with van der Waals surface area (Å²) in [5, 5.41) is 0. The van der Waals surface area contributed by atoms with Gasteiger partial charge in [-0.3, -0.25) is 23.2 Å². The van der Waals surface area contributed by atoms with Crippen molar-refractivity contribution in [3.05, 3.63) is 12.7 Å². The number of hydrogen-bond acceptors (Lipinski definition) is 7. The summed E-state index contributed by atoms with van der Waals surface area (Å²) >= 11 is 0. The molecule has 0 aromatic rings. The van der Waals surface area contributed by atoms with Crippen LogP contribution >= 0.6 is 7.60 Å². The first-order chi connectivity index (χ1) is 10.8. The second-order valence-corrected chi connectivity index (χ2v) is 9.45. The van der Waals surface area contributed by atoms with Crippen LogP contribution in [0, 0.1) is 10.8 Å². The molecule has 0 rings (SSSR count). The number of carbonyl (C=O) groups is 2. The van der Waals surface area contributed by atoms with Crippen molar-refractivity contribution in [1.82, 2.24) is 0 Å². The first-order valence-corrected chi connectivity index (χ1v) is 9.38. The molecule has 0 unspecified atom stereocenters. The van der Waals surface area contributed by atoms with Crippen molar-refractivity contribution < 1.29 is 32.7 Å². The predicted octanol–water partition coefficient (Wildman–Crippen LogP) is 3.88. The lowest BCUT2D eigenvalue weighted by Crippen LogP contribution is -2.25. The summed E-state index contributed by atoms with van der Waals surface area (Å²) in [6.07, 6.45) is 1.97. The molecule has 8 heteroatoms. The van der Waals surface area contributed by atoms with Gasteiger partial charge in [-0.2, -0.15) is 0 Å². The van der Waals surface area contributed by atoms with Crippen LogP contribution in [0.5, 0.6) is 0 Å². The highest BCUT2D eigenvalue weighted by Gasteiger charge is 2.29. The van der Waals surface area contributed by atoms with Gasteiger partial charge in [0.1, 0.15) is 0 Å². The van der Waals surface area contributed by atoms with E-state index >= 15 is 0 Å². The molecule has 0 aliphatic rings. The normalized spacial score (nSPS) is 12.6. The van der Waals surface area contributed by atoms with Gasteiger partial charge < -0.3 is 9.47 Å². The molecule has 0 spiro atoms. The summed E-state index contributed by atoms with van der Waals surface area (Å²) in [6, 6.07) is 0. The van der Waals surface area contributed by atoms with Gasteiger partial charge in [0.05, 0.1) is 17.0 Å². The minimum Gasteiger partial charge on any atom is -0.438 e. The van der Waals surface area contributed by atoms with Crippen molar-refractivity contribution in [3.63, 3.8) is 0 Å². The molecule has 0 fully saturated rings. The van der Waals surface area contributed by atoms with Gasteiger partial charge in [-0.1, -0.05) is 6.08 Å². The molecule has 24 heavy (non-hydrogen) atoms. The Morgan fingerprint density at radius 1 is 0.917 bits per heavy atom.